The van der Waals surface area contributed by atoms with Crippen LogP contribution in [0.15, 0.2) is 22.7 Å². The van der Waals surface area contributed by atoms with Crippen LogP contribution in [-0.4, -0.2) is 24.5 Å². The van der Waals surface area contributed by atoms with Crippen LogP contribution in [0, 0.1) is 6.92 Å². The summed E-state index contributed by atoms with van der Waals surface area (Å²) in [5.74, 6) is 0.0283. The van der Waals surface area contributed by atoms with E-state index in [2.05, 4.69) is 33.5 Å². The molecule has 98 valence electrons. The predicted molar refractivity (Wildman–Crippen MR) is 76.8 cm³/mol. The molecule has 1 amide bonds. The molecule has 0 aromatic heterocycles. The first-order valence-electron chi connectivity index (χ1n) is 6.38. The SMILES string of the molecule is Cc1cc(Br)ccc1C(=O)N[C@@H]1CCCN[C@@H]1C. The largest absolute Gasteiger partial charge is 0.348 e. The first-order chi connectivity index (χ1) is 8.58. The molecular weight excluding hydrogens is 292 g/mol. The highest BCUT2D eigenvalue weighted by Crippen LogP contribution is 2.17. The molecule has 2 atom stereocenters. The lowest BCUT2D eigenvalue weighted by atomic mass is 9.99. The van der Waals surface area contributed by atoms with Gasteiger partial charge in [-0.15, -0.1) is 0 Å². The number of benzene rings is 1. The number of amides is 1. The number of halogens is 1. The molecule has 0 saturated carbocycles. The second kappa shape index (κ2) is 5.85. The highest BCUT2D eigenvalue weighted by molar-refractivity contribution is 9.10. The molecule has 4 heteroatoms. The molecule has 1 heterocycles. The summed E-state index contributed by atoms with van der Waals surface area (Å²) < 4.78 is 1.00. The molecule has 18 heavy (non-hydrogen) atoms. The molecule has 0 spiro atoms. The fourth-order valence-electron chi connectivity index (χ4n) is 2.37. The van der Waals surface area contributed by atoms with Gasteiger partial charge in [0.15, 0.2) is 0 Å². The molecule has 2 rings (SSSR count). The lowest BCUT2D eigenvalue weighted by Crippen LogP contribution is -2.52. The van der Waals surface area contributed by atoms with E-state index in [0.29, 0.717) is 6.04 Å². The van der Waals surface area contributed by atoms with E-state index in [1.165, 1.54) is 0 Å². The minimum Gasteiger partial charge on any atom is -0.348 e. The molecule has 0 aliphatic carbocycles. The second-order valence-corrected chi connectivity index (χ2v) is 5.84. The maximum absolute atomic E-state index is 12.2. The first-order valence-corrected chi connectivity index (χ1v) is 7.17. The summed E-state index contributed by atoms with van der Waals surface area (Å²) in [4.78, 5) is 12.2. The zero-order valence-electron chi connectivity index (χ0n) is 10.8. The minimum absolute atomic E-state index is 0.0283. The summed E-state index contributed by atoms with van der Waals surface area (Å²) in [7, 11) is 0. The maximum Gasteiger partial charge on any atom is 0.251 e. The summed E-state index contributed by atoms with van der Waals surface area (Å²) in [5, 5.41) is 6.52. The van der Waals surface area contributed by atoms with Gasteiger partial charge in [-0.1, -0.05) is 15.9 Å². The van der Waals surface area contributed by atoms with Gasteiger partial charge in [-0.25, -0.2) is 0 Å². The molecule has 1 aromatic carbocycles. The lowest BCUT2D eigenvalue weighted by molar-refractivity contribution is 0.0919. The van der Waals surface area contributed by atoms with Crippen molar-refractivity contribution in [1.82, 2.24) is 10.6 Å². The lowest BCUT2D eigenvalue weighted by Gasteiger charge is -2.30. The maximum atomic E-state index is 12.2. The van der Waals surface area contributed by atoms with Crippen molar-refractivity contribution in [3.05, 3.63) is 33.8 Å². The number of aryl methyl sites for hydroxylation is 1. The third-order valence-corrected chi connectivity index (χ3v) is 4.00. The Kier molecular flexibility index (Phi) is 4.40. The molecule has 0 radical (unpaired) electrons. The Morgan fingerprint density at radius 1 is 1.50 bits per heavy atom. The number of hydrogen-bond acceptors (Lipinski definition) is 2. The molecule has 1 fully saturated rings. The fraction of sp³-hybridized carbons (Fsp3) is 0.500. The van der Waals surface area contributed by atoms with E-state index in [1.54, 1.807) is 0 Å². The van der Waals surface area contributed by atoms with Crippen LogP contribution in [0.3, 0.4) is 0 Å². The van der Waals surface area contributed by atoms with Gasteiger partial charge in [0.2, 0.25) is 0 Å². The standard InChI is InChI=1S/C14H19BrN2O/c1-9-8-11(15)5-6-12(9)14(18)17-13-4-3-7-16-10(13)2/h5-6,8,10,13,16H,3-4,7H2,1-2H3,(H,17,18)/t10-,13-/m1/s1. The Morgan fingerprint density at radius 2 is 2.28 bits per heavy atom. The summed E-state index contributed by atoms with van der Waals surface area (Å²) in [5.41, 5.74) is 1.76. The number of rotatable bonds is 2. The van der Waals surface area contributed by atoms with Crippen molar-refractivity contribution in [3.8, 4) is 0 Å². The Bertz CT molecular complexity index is 447. The highest BCUT2D eigenvalue weighted by atomic mass is 79.9. The van der Waals surface area contributed by atoms with Gasteiger partial charge in [0, 0.05) is 22.1 Å². The molecule has 1 aliphatic heterocycles. The number of hydrogen-bond donors (Lipinski definition) is 2. The first kappa shape index (κ1) is 13.6. The van der Waals surface area contributed by atoms with Crippen LogP contribution in [0.25, 0.3) is 0 Å². The quantitative estimate of drug-likeness (QED) is 0.881. The van der Waals surface area contributed by atoms with Gasteiger partial charge in [0.05, 0.1) is 0 Å². The van der Waals surface area contributed by atoms with E-state index in [4.69, 9.17) is 0 Å². The summed E-state index contributed by atoms with van der Waals surface area (Å²) in [6.07, 6.45) is 2.17. The normalized spacial score (nSPS) is 23.7. The van der Waals surface area contributed by atoms with Crippen LogP contribution in [0.1, 0.15) is 35.7 Å². The van der Waals surface area contributed by atoms with Crippen molar-refractivity contribution in [3.63, 3.8) is 0 Å². The molecule has 2 N–H and O–H groups in total. The van der Waals surface area contributed by atoms with Gasteiger partial charge >= 0.3 is 0 Å². The van der Waals surface area contributed by atoms with Crippen LogP contribution >= 0.6 is 15.9 Å². The van der Waals surface area contributed by atoms with E-state index in [-0.39, 0.29) is 11.9 Å². The summed E-state index contributed by atoms with van der Waals surface area (Å²) in [6.45, 7) is 5.13. The highest BCUT2D eigenvalue weighted by Gasteiger charge is 2.23. The molecule has 1 saturated heterocycles. The van der Waals surface area contributed by atoms with Gasteiger partial charge in [-0.2, -0.15) is 0 Å². The fourth-order valence-corrected chi connectivity index (χ4v) is 2.84. The van der Waals surface area contributed by atoms with Gasteiger partial charge in [-0.3, -0.25) is 4.79 Å². The predicted octanol–water partition coefficient (Wildman–Crippen LogP) is 2.63. The number of carbonyl (C=O) groups is 1. The number of nitrogens with one attached hydrogen (secondary N) is 2. The van der Waals surface area contributed by atoms with Gasteiger partial charge in [0.25, 0.3) is 5.91 Å². The van der Waals surface area contributed by atoms with Crippen LogP contribution < -0.4 is 10.6 Å². The van der Waals surface area contributed by atoms with Crippen LogP contribution in [0.2, 0.25) is 0 Å². The molecule has 0 bridgehead atoms. The Morgan fingerprint density at radius 3 is 2.94 bits per heavy atom. The second-order valence-electron chi connectivity index (χ2n) is 4.92. The van der Waals surface area contributed by atoms with Crippen LogP contribution in [0.4, 0.5) is 0 Å². The molecule has 1 aliphatic rings. The van der Waals surface area contributed by atoms with Gasteiger partial charge in [-0.05, 0) is 57.0 Å². The minimum atomic E-state index is 0.0283. The summed E-state index contributed by atoms with van der Waals surface area (Å²) >= 11 is 3.41. The van der Waals surface area contributed by atoms with Crippen molar-refractivity contribution in [2.24, 2.45) is 0 Å². The topological polar surface area (TPSA) is 41.1 Å². The van der Waals surface area contributed by atoms with Gasteiger partial charge < -0.3 is 10.6 Å². The molecule has 3 nitrogen and oxygen atoms in total. The zero-order chi connectivity index (χ0) is 13.1. The monoisotopic (exact) mass is 310 g/mol. The van der Waals surface area contributed by atoms with E-state index in [0.717, 1.165) is 35.0 Å². The third kappa shape index (κ3) is 3.12. The third-order valence-electron chi connectivity index (χ3n) is 3.51. The van der Waals surface area contributed by atoms with Crippen molar-refractivity contribution in [2.75, 3.05) is 6.54 Å². The number of carbonyl (C=O) groups excluding carboxylic acids is 1. The van der Waals surface area contributed by atoms with Gasteiger partial charge in [0.1, 0.15) is 0 Å². The van der Waals surface area contributed by atoms with E-state index >= 15 is 0 Å². The Balaban J connectivity index is 2.07. The molecular formula is C14H19BrN2O. The van der Waals surface area contributed by atoms with Crippen LogP contribution in [-0.2, 0) is 0 Å². The Hall–Kier alpha value is -0.870. The van der Waals surface area contributed by atoms with E-state index in [1.807, 2.05) is 25.1 Å². The smallest absolute Gasteiger partial charge is 0.251 e. The summed E-state index contributed by atoms with van der Waals surface area (Å²) in [6, 6.07) is 6.32. The van der Waals surface area contributed by atoms with Crippen molar-refractivity contribution < 1.29 is 4.79 Å². The molecule has 0 unspecified atom stereocenters. The average molecular weight is 311 g/mol. The van der Waals surface area contributed by atoms with E-state index < -0.39 is 0 Å². The average Bonchev–Trinajstić information content (AvgIpc) is 2.32. The van der Waals surface area contributed by atoms with Crippen LogP contribution in [0.5, 0.6) is 0 Å². The number of piperidine rings is 1. The zero-order valence-corrected chi connectivity index (χ0v) is 12.4. The Labute approximate surface area is 116 Å². The molecule has 1 aromatic rings. The van der Waals surface area contributed by atoms with Crippen molar-refractivity contribution in [1.29, 1.82) is 0 Å². The van der Waals surface area contributed by atoms with E-state index in [9.17, 15) is 4.79 Å². The van der Waals surface area contributed by atoms with Crippen molar-refractivity contribution >= 4 is 21.8 Å². The van der Waals surface area contributed by atoms with Crippen molar-refractivity contribution in [2.45, 2.75) is 38.8 Å².